The Morgan fingerprint density at radius 1 is 1.00 bits per heavy atom. The van der Waals surface area contributed by atoms with Crippen LogP contribution in [0.4, 0.5) is 34.4 Å². The molecule has 43 heavy (non-hydrogen) atoms. The van der Waals surface area contributed by atoms with Crippen LogP contribution < -0.4 is 16.4 Å². The Morgan fingerprint density at radius 2 is 1.72 bits per heavy atom. The minimum Gasteiger partial charge on any atom is -0.395 e. The van der Waals surface area contributed by atoms with Gasteiger partial charge in [0.25, 0.3) is 0 Å². The van der Waals surface area contributed by atoms with E-state index in [0.717, 1.165) is 12.1 Å². The van der Waals surface area contributed by atoms with Crippen LogP contribution in [0.3, 0.4) is 0 Å². The summed E-state index contributed by atoms with van der Waals surface area (Å²) in [6, 6.07) is 15.9. The van der Waals surface area contributed by atoms with Crippen LogP contribution in [0.15, 0.2) is 69.7 Å². The maximum atomic E-state index is 13.0. The van der Waals surface area contributed by atoms with Crippen LogP contribution in [0, 0.1) is 6.92 Å². The zero-order valence-corrected chi connectivity index (χ0v) is 25.8. The van der Waals surface area contributed by atoms with Gasteiger partial charge in [0.15, 0.2) is 21.5 Å². The molecule has 13 heteroatoms. The topological polar surface area (TPSA) is 175 Å². The van der Waals surface area contributed by atoms with Crippen LogP contribution in [-0.2, 0) is 14.6 Å². The van der Waals surface area contributed by atoms with E-state index in [9.17, 15) is 13.5 Å². The number of pyridine rings is 1. The predicted octanol–water partition coefficient (Wildman–Crippen LogP) is 4.42. The van der Waals surface area contributed by atoms with Gasteiger partial charge in [0, 0.05) is 36.9 Å². The molecule has 1 atom stereocenters. The molecule has 0 radical (unpaired) electrons. The van der Waals surface area contributed by atoms with Crippen molar-refractivity contribution in [3.05, 3.63) is 60.2 Å². The first-order valence-corrected chi connectivity index (χ1v) is 16.0. The molecule has 0 amide bonds. The Bertz CT molecular complexity index is 1420. The van der Waals surface area contributed by atoms with Crippen LogP contribution in [0.2, 0.25) is 0 Å². The van der Waals surface area contributed by atoms with Gasteiger partial charge in [-0.3, -0.25) is 4.90 Å². The first kappa shape index (κ1) is 33.9. The molecule has 0 spiro atoms. The van der Waals surface area contributed by atoms with E-state index in [4.69, 9.17) is 15.6 Å². The summed E-state index contributed by atoms with van der Waals surface area (Å²) in [5.74, 6) is 0.849. The second-order valence-electron chi connectivity index (χ2n) is 9.98. The zero-order chi connectivity index (χ0) is 31.2. The lowest BCUT2D eigenvalue weighted by molar-refractivity contribution is 0.0992. The van der Waals surface area contributed by atoms with Crippen LogP contribution in [0.25, 0.3) is 0 Å². The summed E-state index contributed by atoms with van der Waals surface area (Å²) >= 11 is 0. The van der Waals surface area contributed by atoms with Gasteiger partial charge in [0.2, 0.25) is 0 Å². The Hall–Kier alpha value is -3.62. The van der Waals surface area contributed by atoms with E-state index in [1.54, 1.807) is 12.1 Å². The van der Waals surface area contributed by atoms with Gasteiger partial charge in [0.1, 0.15) is 5.69 Å². The number of rotatable bonds is 18. The Morgan fingerprint density at radius 3 is 2.37 bits per heavy atom. The molecule has 1 unspecified atom stereocenters. The van der Waals surface area contributed by atoms with Crippen molar-refractivity contribution in [2.75, 3.05) is 68.2 Å². The third-order valence-electron chi connectivity index (χ3n) is 6.98. The minimum absolute atomic E-state index is 0.0209. The Labute approximate surface area is 253 Å². The number of hydrogen-bond donors (Lipinski definition) is 5. The summed E-state index contributed by atoms with van der Waals surface area (Å²) in [6.45, 7) is 7.63. The average Bonchev–Trinajstić information content (AvgIpc) is 3.01. The molecule has 234 valence electrons. The number of nitrogens with two attached hydrogens (primary N) is 1. The highest BCUT2D eigenvalue weighted by Gasteiger charge is 2.19. The Kier molecular flexibility index (Phi) is 13.3. The number of sulfone groups is 1. The van der Waals surface area contributed by atoms with E-state index in [-0.39, 0.29) is 36.5 Å². The molecule has 6 N–H and O–H groups in total. The van der Waals surface area contributed by atoms with E-state index in [1.165, 1.54) is 12.1 Å². The molecule has 1 aromatic heterocycles. The number of ether oxygens (including phenoxy) is 1. The van der Waals surface area contributed by atoms with E-state index in [2.05, 4.69) is 25.8 Å². The largest absolute Gasteiger partial charge is 0.395 e. The maximum Gasteiger partial charge on any atom is 0.179 e. The second-order valence-corrected chi connectivity index (χ2v) is 12.1. The van der Waals surface area contributed by atoms with Crippen LogP contribution in [0.5, 0.6) is 0 Å². The molecule has 0 aliphatic carbocycles. The third-order valence-corrected chi connectivity index (χ3v) is 8.69. The SMILES string of the molecule is CCC(C)N(CCO)CCS(=O)(=O)c1ccc(/N=N/c2c(Nc3ccccc3)nc(NCCOCCO)c(N)c2C)cc1. The van der Waals surface area contributed by atoms with Crippen molar-refractivity contribution >= 4 is 44.2 Å². The minimum atomic E-state index is -3.53. The van der Waals surface area contributed by atoms with Crippen molar-refractivity contribution in [3.8, 4) is 0 Å². The fourth-order valence-corrected chi connectivity index (χ4v) is 5.50. The molecule has 0 aliphatic rings. The lowest BCUT2D eigenvalue weighted by Gasteiger charge is -2.27. The normalized spacial score (nSPS) is 12.6. The molecule has 3 aromatic rings. The number of aliphatic hydroxyl groups excluding tert-OH is 2. The van der Waals surface area contributed by atoms with Gasteiger partial charge in [-0.05, 0) is 56.7 Å². The molecular weight excluding hydrogens is 570 g/mol. The number of para-hydroxylation sites is 1. The second kappa shape index (κ2) is 16.9. The van der Waals surface area contributed by atoms with Gasteiger partial charge in [-0.25, -0.2) is 13.4 Å². The van der Waals surface area contributed by atoms with Crippen molar-refractivity contribution < 1.29 is 23.4 Å². The van der Waals surface area contributed by atoms with Crippen LogP contribution in [0.1, 0.15) is 25.8 Å². The van der Waals surface area contributed by atoms with Gasteiger partial charge >= 0.3 is 0 Å². The number of anilines is 4. The molecular formula is C30H43N7O5S. The summed E-state index contributed by atoms with van der Waals surface area (Å²) < 4.78 is 31.3. The first-order chi connectivity index (χ1) is 20.7. The van der Waals surface area contributed by atoms with E-state index >= 15 is 0 Å². The summed E-state index contributed by atoms with van der Waals surface area (Å²) in [7, 11) is -3.53. The van der Waals surface area contributed by atoms with Crippen LogP contribution >= 0.6 is 0 Å². The smallest absolute Gasteiger partial charge is 0.179 e. The molecule has 0 saturated heterocycles. The summed E-state index contributed by atoms with van der Waals surface area (Å²) in [5.41, 5.74) is 9.17. The molecule has 0 bridgehead atoms. The van der Waals surface area contributed by atoms with Crippen LogP contribution in [-0.4, -0.2) is 86.4 Å². The summed E-state index contributed by atoms with van der Waals surface area (Å²) in [4.78, 5) is 6.85. The molecule has 2 aromatic carbocycles. The number of hydrogen-bond acceptors (Lipinski definition) is 12. The predicted molar refractivity (Wildman–Crippen MR) is 171 cm³/mol. The van der Waals surface area contributed by atoms with Gasteiger partial charge in [-0.1, -0.05) is 25.1 Å². The molecule has 0 aliphatic heterocycles. The van der Waals surface area contributed by atoms with Crippen molar-refractivity contribution in [2.45, 2.75) is 38.1 Å². The van der Waals surface area contributed by atoms with E-state index in [1.807, 2.05) is 56.0 Å². The number of nitrogens with one attached hydrogen (secondary N) is 2. The van der Waals surface area contributed by atoms with E-state index in [0.29, 0.717) is 60.5 Å². The maximum absolute atomic E-state index is 13.0. The Balaban J connectivity index is 1.81. The average molecular weight is 614 g/mol. The summed E-state index contributed by atoms with van der Waals surface area (Å²) in [5, 5.41) is 33.5. The van der Waals surface area contributed by atoms with Gasteiger partial charge in [0.05, 0.1) is 48.5 Å². The van der Waals surface area contributed by atoms with E-state index < -0.39 is 9.84 Å². The van der Waals surface area contributed by atoms with Gasteiger partial charge in [-0.15, -0.1) is 5.11 Å². The lowest BCUT2D eigenvalue weighted by Crippen LogP contribution is -2.38. The molecule has 3 rings (SSSR count). The van der Waals surface area contributed by atoms with Gasteiger partial charge in [-0.2, -0.15) is 5.11 Å². The molecule has 1 heterocycles. The number of aliphatic hydroxyl groups is 2. The highest BCUT2D eigenvalue weighted by atomic mass is 32.2. The zero-order valence-electron chi connectivity index (χ0n) is 25.0. The highest BCUT2D eigenvalue weighted by molar-refractivity contribution is 7.91. The van der Waals surface area contributed by atoms with Crippen molar-refractivity contribution in [3.63, 3.8) is 0 Å². The number of nitrogens with zero attached hydrogens (tertiary/aromatic N) is 4. The fraction of sp³-hybridized carbons (Fsp3) is 0.433. The fourth-order valence-electron chi connectivity index (χ4n) is 4.24. The van der Waals surface area contributed by atoms with Crippen molar-refractivity contribution in [1.29, 1.82) is 0 Å². The number of azo groups is 1. The number of nitrogen functional groups attached to an aromatic ring is 1. The molecule has 12 nitrogen and oxygen atoms in total. The first-order valence-electron chi connectivity index (χ1n) is 14.3. The monoisotopic (exact) mass is 613 g/mol. The highest BCUT2D eigenvalue weighted by Crippen LogP contribution is 2.38. The summed E-state index contributed by atoms with van der Waals surface area (Å²) in [6.07, 6.45) is 0.864. The quantitative estimate of drug-likeness (QED) is 0.102. The standard InChI is InChI=1S/C30H43N7O5S/c1-4-22(2)37(15-17-38)16-21-43(40,41)26-12-10-25(11-13-26)35-36-28-23(3)27(31)29(32-14-19-42-20-18-39)34-30(28)33-24-8-6-5-7-9-24/h5-13,22,38-39H,4,14-21,31H2,1-3H3,(H2,32,33,34)/b36-35+. The lowest BCUT2D eigenvalue weighted by atomic mass is 10.2. The number of aromatic nitrogens is 1. The van der Waals surface area contributed by atoms with Crippen molar-refractivity contribution in [1.82, 2.24) is 9.88 Å². The molecule has 0 fully saturated rings. The third kappa shape index (κ3) is 9.97. The number of benzene rings is 2. The van der Waals surface area contributed by atoms with Gasteiger partial charge < -0.3 is 31.3 Å². The van der Waals surface area contributed by atoms with Crippen molar-refractivity contribution in [2.24, 2.45) is 10.2 Å². The molecule has 0 saturated carbocycles.